The number of fused-ring (bicyclic) bond motifs is 2. The molecule has 0 saturated heterocycles. The summed E-state index contributed by atoms with van der Waals surface area (Å²) in [5.41, 5.74) is 4.78. The van der Waals surface area contributed by atoms with Crippen LogP contribution in [-0.4, -0.2) is 21.5 Å². The number of H-pyrrole nitrogens is 1. The SMILES string of the molecule is Cc1ccc2c(c1)N(c1ncc3cc[nH]c3n1)CC2. The van der Waals surface area contributed by atoms with Gasteiger partial charge in [0.05, 0.1) is 0 Å². The standard InChI is InChI=1S/C15H14N4/c1-10-2-3-11-5-7-19(13(11)8-10)15-17-9-12-4-6-16-14(12)18-15/h2-4,6,8-9H,5,7H2,1H3,(H,16,17,18). The maximum absolute atomic E-state index is 4.61. The molecule has 94 valence electrons. The van der Waals surface area contributed by atoms with Gasteiger partial charge in [0.2, 0.25) is 5.95 Å². The molecule has 1 aliphatic heterocycles. The van der Waals surface area contributed by atoms with Crippen LogP contribution in [0.1, 0.15) is 11.1 Å². The first-order valence-corrected chi connectivity index (χ1v) is 6.48. The monoisotopic (exact) mass is 250 g/mol. The lowest BCUT2D eigenvalue weighted by molar-refractivity contribution is 0.947. The number of nitrogens with zero attached hydrogens (tertiary/aromatic N) is 3. The Morgan fingerprint density at radius 2 is 2.21 bits per heavy atom. The number of hydrogen-bond acceptors (Lipinski definition) is 3. The van der Waals surface area contributed by atoms with E-state index in [9.17, 15) is 0 Å². The first kappa shape index (κ1) is 10.6. The molecule has 3 heterocycles. The summed E-state index contributed by atoms with van der Waals surface area (Å²) in [6, 6.07) is 8.57. The van der Waals surface area contributed by atoms with Crippen molar-refractivity contribution in [3.63, 3.8) is 0 Å². The van der Waals surface area contributed by atoms with Crippen molar-refractivity contribution < 1.29 is 0 Å². The molecular weight excluding hydrogens is 236 g/mol. The Morgan fingerprint density at radius 3 is 3.16 bits per heavy atom. The summed E-state index contributed by atoms with van der Waals surface area (Å²) in [6.07, 6.45) is 4.83. The third-order valence-corrected chi connectivity index (χ3v) is 3.67. The molecule has 0 amide bonds. The normalized spacial score (nSPS) is 14.1. The lowest BCUT2D eigenvalue weighted by Gasteiger charge is -2.17. The Bertz CT molecular complexity index is 760. The van der Waals surface area contributed by atoms with Gasteiger partial charge in [0.15, 0.2) is 0 Å². The smallest absolute Gasteiger partial charge is 0.231 e. The number of rotatable bonds is 1. The first-order chi connectivity index (χ1) is 9.31. The van der Waals surface area contributed by atoms with Crippen LogP contribution in [0.25, 0.3) is 11.0 Å². The van der Waals surface area contributed by atoms with E-state index < -0.39 is 0 Å². The lowest BCUT2D eigenvalue weighted by Crippen LogP contribution is -2.16. The molecule has 0 aliphatic carbocycles. The summed E-state index contributed by atoms with van der Waals surface area (Å²) in [5, 5.41) is 1.05. The van der Waals surface area contributed by atoms with Crippen LogP contribution >= 0.6 is 0 Å². The Labute approximate surface area is 111 Å². The first-order valence-electron chi connectivity index (χ1n) is 6.48. The number of anilines is 2. The Kier molecular flexibility index (Phi) is 2.12. The molecule has 0 saturated carbocycles. The van der Waals surface area contributed by atoms with E-state index in [0.29, 0.717) is 0 Å². The minimum Gasteiger partial charge on any atom is -0.346 e. The molecule has 19 heavy (non-hydrogen) atoms. The van der Waals surface area contributed by atoms with Crippen LogP contribution < -0.4 is 4.90 Å². The van der Waals surface area contributed by atoms with Gasteiger partial charge in [0.1, 0.15) is 5.65 Å². The number of aromatic amines is 1. The fraction of sp³-hybridized carbons (Fsp3) is 0.200. The van der Waals surface area contributed by atoms with E-state index in [1.54, 1.807) is 0 Å². The maximum Gasteiger partial charge on any atom is 0.231 e. The van der Waals surface area contributed by atoms with E-state index in [1.165, 1.54) is 16.8 Å². The second kappa shape index (κ2) is 3.82. The average molecular weight is 250 g/mol. The van der Waals surface area contributed by atoms with Gasteiger partial charge >= 0.3 is 0 Å². The van der Waals surface area contributed by atoms with Crippen molar-refractivity contribution in [2.75, 3.05) is 11.4 Å². The minimum atomic E-state index is 0.777. The molecule has 0 atom stereocenters. The van der Waals surface area contributed by atoms with Gasteiger partial charge in [-0.25, -0.2) is 4.98 Å². The van der Waals surface area contributed by atoms with Gasteiger partial charge in [0, 0.05) is 30.0 Å². The van der Waals surface area contributed by atoms with Crippen molar-refractivity contribution in [3.05, 3.63) is 47.8 Å². The molecule has 0 unspecified atom stereocenters. The highest BCUT2D eigenvalue weighted by Crippen LogP contribution is 2.33. The topological polar surface area (TPSA) is 44.8 Å². The van der Waals surface area contributed by atoms with Gasteiger partial charge in [0.25, 0.3) is 0 Å². The van der Waals surface area contributed by atoms with Crippen LogP contribution in [0.15, 0.2) is 36.7 Å². The molecule has 1 aliphatic rings. The number of benzene rings is 1. The predicted molar refractivity (Wildman–Crippen MR) is 75.8 cm³/mol. The summed E-state index contributed by atoms with van der Waals surface area (Å²) in [5.74, 6) is 0.777. The Balaban J connectivity index is 1.84. The summed E-state index contributed by atoms with van der Waals surface area (Å²) in [6.45, 7) is 3.07. The summed E-state index contributed by atoms with van der Waals surface area (Å²) in [7, 11) is 0. The molecule has 4 rings (SSSR count). The molecule has 0 bridgehead atoms. The summed E-state index contributed by atoms with van der Waals surface area (Å²) < 4.78 is 0. The highest BCUT2D eigenvalue weighted by atomic mass is 15.3. The lowest BCUT2D eigenvalue weighted by atomic mass is 10.1. The molecule has 1 N–H and O–H groups in total. The Morgan fingerprint density at radius 1 is 1.26 bits per heavy atom. The molecular formula is C15H14N4. The van der Waals surface area contributed by atoms with Gasteiger partial charge in [-0.1, -0.05) is 12.1 Å². The molecule has 1 aromatic carbocycles. The fourth-order valence-corrected chi connectivity index (χ4v) is 2.66. The molecule has 0 radical (unpaired) electrons. The quantitative estimate of drug-likeness (QED) is 0.722. The van der Waals surface area contributed by atoms with Crippen molar-refractivity contribution >= 4 is 22.7 Å². The molecule has 2 aromatic heterocycles. The van der Waals surface area contributed by atoms with E-state index in [2.05, 4.69) is 45.0 Å². The van der Waals surface area contributed by atoms with Crippen molar-refractivity contribution in [1.82, 2.24) is 15.0 Å². The average Bonchev–Trinajstić information content (AvgIpc) is 3.03. The van der Waals surface area contributed by atoms with Crippen molar-refractivity contribution in [2.45, 2.75) is 13.3 Å². The number of hydrogen-bond donors (Lipinski definition) is 1. The number of nitrogens with one attached hydrogen (secondary N) is 1. The van der Waals surface area contributed by atoms with Crippen LogP contribution in [0.4, 0.5) is 11.6 Å². The number of aryl methyl sites for hydroxylation is 1. The second-order valence-electron chi connectivity index (χ2n) is 4.99. The van der Waals surface area contributed by atoms with Gasteiger partial charge in [-0.15, -0.1) is 0 Å². The van der Waals surface area contributed by atoms with Crippen molar-refractivity contribution in [3.8, 4) is 0 Å². The molecule has 0 spiro atoms. The van der Waals surface area contributed by atoms with E-state index in [1.807, 2.05) is 18.5 Å². The third kappa shape index (κ3) is 1.60. The Hall–Kier alpha value is -2.36. The van der Waals surface area contributed by atoms with E-state index in [-0.39, 0.29) is 0 Å². The zero-order valence-electron chi connectivity index (χ0n) is 10.7. The van der Waals surface area contributed by atoms with Crippen molar-refractivity contribution in [1.29, 1.82) is 0 Å². The molecule has 4 nitrogen and oxygen atoms in total. The van der Waals surface area contributed by atoms with Crippen LogP contribution in [0.2, 0.25) is 0 Å². The predicted octanol–water partition coefficient (Wildman–Crippen LogP) is 2.96. The van der Waals surface area contributed by atoms with E-state index in [4.69, 9.17) is 0 Å². The summed E-state index contributed by atoms with van der Waals surface area (Å²) >= 11 is 0. The zero-order chi connectivity index (χ0) is 12.8. The molecule has 3 aromatic rings. The highest BCUT2D eigenvalue weighted by molar-refractivity contribution is 5.77. The van der Waals surface area contributed by atoms with Gasteiger partial charge in [-0.3, -0.25) is 0 Å². The summed E-state index contributed by atoms with van der Waals surface area (Å²) in [4.78, 5) is 14.4. The zero-order valence-corrected chi connectivity index (χ0v) is 10.7. The van der Waals surface area contributed by atoms with E-state index >= 15 is 0 Å². The molecule has 4 heteroatoms. The van der Waals surface area contributed by atoms with Crippen molar-refractivity contribution in [2.24, 2.45) is 0 Å². The van der Waals surface area contributed by atoms with Gasteiger partial charge < -0.3 is 9.88 Å². The van der Waals surface area contributed by atoms with Crippen LogP contribution in [0.5, 0.6) is 0 Å². The van der Waals surface area contributed by atoms with E-state index in [0.717, 1.165) is 29.9 Å². The molecule has 0 fully saturated rings. The van der Waals surface area contributed by atoms with Crippen LogP contribution in [0, 0.1) is 6.92 Å². The maximum atomic E-state index is 4.61. The van der Waals surface area contributed by atoms with Crippen LogP contribution in [0.3, 0.4) is 0 Å². The fourth-order valence-electron chi connectivity index (χ4n) is 2.66. The van der Waals surface area contributed by atoms with Gasteiger partial charge in [-0.2, -0.15) is 4.98 Å². The largest absolute Gasteiger partial charge is 0.346 e. The van der Waals surface area contributed by atoms with Gasteiger partial charge in [-0.05, 0) is 36.6 Å². The highest BCUT2D eigenvalue weighted by Gasteiger charge is 2.22. The minimum absolute atomic E-state index is 0.777. The number of aromatic nitrogens is 3. The third-order valence-electron chi connectivity index (χ3n) is 3.67. The van der Waals surface area contributed by atoms with Crippen LogP contribution in [-0.2, 0) is 6.42 Å². The second-order valence-corrected chi connectivity index (χ2v) is 4.99.